The molecule has 0 spiro atoms. The van der Waals surface area contributed by atoms with Crippen LogP contribution in [0, 0.1) is 0 Å². The maximum Gasteiger partial charge on any atom is 0.265 e. The van der Waals surface area contributed by atoms with E-state index in [2.05, 4.69) is 4.98 Å². The van der Waals surface area contributed by atoms with Crippen LogP contribution in [0.2, 0.25) is 0 Å². The summed E-state index contributed by atoms with van der Waals surface area (Å²) in [6.45, 7) is 1.45. The molecule has 0 atom stereocenters. The molecule has 0 saturated carbocycles. The van der Waals surface area contributed by atoms with Crippen molar-refractivity contribution in [1.29, 1.82) is 0 Å². The average molecular weight is 285 g/mol. The van der Waals surface area contributed by atoms with Gasteiger partial charge in [0.05, 0.1) is 10.2 Å². The van der Waals surface area contributed by atoms with Crippen LogP contribution < -0.4 is 10.0 Å². The lowest BCUT2D eigenvalue weighted by atomic mass is 10.3. The van der Waals surface area contributed by atoms with Crippen LogP contribution in [-0.2, 0) is 14.8 Å². The van der Waals surface area contributed by atoms with E-state index < -0.39 is 10.0 Å². The molecule has 1 heterocycles. The molecule has 6 nitrogen and oxygen atoms in total. The minimum atomic E-state index is -3.79. The minimum Gasteiger partial charge on any atom is -0.316 e. The number of aromatic nitrogens is 1. The number of benzene rings is 1. The third-order valence-electron chi connectivity index (χ3n) is 2.46. The van der Waals surface area contributed by atoms with Crippen LogP contribution in [0.15, 0.2) is 22.5 Å². The zero-order valence-corrected chi connectivity index (χ0v) is 11.4. The molecule has 96 valence electrons. The highest BCUT2D eigenvalue weighted by atomic mass is 32.2. The van der Waals surface area contributed by atoms with Crippen molar-refractivity contribution in [2.24, 2.45) is 5.14 Å². The summed E-state index contributed by atoms with van der Waals surface area (Å²) in [6.07, 6.45) is 0. The van der Waals surface area contributed by atoms with E-state index in [0.29, 0.717) is 15.9 Å². The van der Waals surface area contributed by atoms with Gasteiger partial charge in [-0.3, -0.25) is 4.79 Å². The van der Waals surface area contributed by atoms with Crippen LogP contribution in [-0.4, -0.2) is 26.4 Å². The van der Waals surface area contributed by atoms with Gasteiger partial charge in [0.25, 0.3) is 10.0 Å². The Balaban J connectivity index is 2.56. The van der Waals surface area contributed by atoms with E-state index in [-0.39, 0.29) is 10.2 Å². The van der Waals surface area contributed by atoms with Crippen molar-refractivity contribution in [3.05, 3.63) is 18.2 Å². The highest BCUT2D eigenvalue weighted by molar-refractivity contribution is 7.91. The fourth-order valence-electron chi connectivity index (χ4n) is 1.40. The predicted molar refractivity (Wildman–Crippen MR) is 70.1 cm³/mol. The number of carbonyl (C=O) groups is 1. The number of hydrogen-bond acceptors (Lipinski definition) is 5. The molecule has 0 aliphatic heterocycles. The van der Waals surface area contributed by atoms with Crippen molar-refractivity contribution in [3.63, 3.8) is 0 Å². The zero-order valence-electron chi connectivity index (χ0n) is 9.75. The Morgan fingerprint density at radius 3 is 2.67 bits per heavy atom. The molecule has 1 aromatic heterocycles. The van der Waals surface area contributed by atoms with Crippen LogP contribution in [0.25, 0.3) is 10.2 Å². The number of carbonyl (C=O) groups excluding carboxylic acids is 1. The zero-order chi connectivity index (χ0) is 13.5. The van der Waals surface area contributed by atoms with Gasteiger partial charge in [0.15, 0.2) is 0 Å². The first-order valence-electron chi connectivity index (χ1n) is 4.97. The largest absolute Gasteiger partial charge is 0.316 e. The molecule has 2 rings (SSSR count). The van der Waals surface area contributed by atoms with Gasteiger partial charge in [0.1, 0.15) is 0 Å². The van der Waals surface area contributed by atoms with E-state index >= 15 is 0 Å². The van der Waals surface area contributed by atoms with Gasteiger partial charge in [-0.25, -0.2) is 18.5 Å². The number of nitrogens with zero attached hydrogens (tertiary/aromatic N) is 2. The van der Waals surface area contributed by atoms with Gasteiger partial charge in [0.2, 0.25) is 10.2 Å². The maximum atomic E-state index is 11.2. The van der Waals surface area contributed by atoms with E-state index in [9.17, 15) is 13.2 Å². The lowest BCUT2D eigenvalue weighted by Crippen LogP contribution is -2.22. The van der Waals surface area contributed by atoms with Crippen molar-refractivity contribution in [2.75, 3.05) is 11.9 Å². The first kappa shape index (κ1) is 12.9. The molecule has 2 aromatic rings. The standard InChI is InChI=1S/C10H11N3O3S2/c1-6(14)13(2)7-3-4-8-9(5-7)17-10(12-8)18(11,15)16/h3-5H,1-2H3,(H2,11,15,16). The first-order valence-corrected chi connectivity index (χ1v) is 7.33. The second kappa shape index (κ2) is 4.30. The van der Waals surface area contributed by atoms with Crippen molar-refractivity contribution < 1.29 is 13.2 Å². The van der Waals surface area contributed by atoms with Crippen molar-refractivity contribution in [3.8, 4) is 0 Å². The summed E-state index contributed by atoms with van der Waals surface area (Å²) in [7, 11) is -2.14. The van der Waals surface area contributed by atoms with Gasteiger partial charge in [0, 0.05) is 19.7 Å². The lowest BCUT2D eigenvalue weighted by Gasteiger charge is -2.14. The number of amides is 1. The highest BCUT2D eigenvalue weighted by Crippen LogP contribution is 2.28. The normalized spacial score (nSPS) is 11.7. The quantitative estimate of drug-likeness (QED) is 0.888. The second-order valence-corrected chi connectivity index (χ2v) is 6.52. The summed E-state index contributed by atoms with van der Waals surface area (Å²) < 4.78 is 22.9. The van der Waals surface area contributed by atoms with Crippen LogP contribution in [0.3, 0.4) is 0 Å². The smallest absolute Gasteiger partial charge is 0.265 e. The number of primary sulfonamides is 1. The van der Waals surface area contributed by atoms with Gasteiger partial charge < -0.3 is 4.90 Å². The van der Waals surface area contributed by atoms with Crippen LogP contribution in [0.4, 0.5) is 5.69 Å². The van der Waals surface area contributed by atoms with Crippen molar-refractivity contribution >= 4 is 43.2 Å². The summed E-state index contributed by atoms with van der Waals surface area (Å²) in [6, 6.07) is 5.08. The fourth-order valence-corrected chi connectivity index (χ4v) is 3.09. The fraction of sp³-hybridized carbons (Fsp3) is 0.200. The Labute approximate surface area is 108 Å². The SMILES string of the molecule is CC(=O)N(C)c1ccc2nc(S(N)(=O)=O)sc2c1. The number of thiazole rings is 1. The summed E-state index contributed by atoms with van der Waals surface area (Å²) >= 11 is 0.985. The number of nitrogens with two attached hydrogens (primary N) is 1. The highest BCUT2D eigenvalue weighted by Gasteiger charge is 2.15. The summed E-state index contributed by atoms with van der Waals surface area (Å²) in [4.78, 5) is 16.6. The molecule has 0 fully saturated rings. The van der Waals surface area contributed by atoms with Crippen molar-refractivity contribution in [2.45, 2.75) is 11.3 Å². The Morgan fingerprint density at radius 1 is 1.44 bits per heavy atom. The van der Waals surface area contributed by atoms with E-state index in [1.54, 1.807) is 25.2 Å². The lowest BCUT2D eigenvalue weighted by molar-refractivity contribution is -0.116. The van der Waals surface area contributed by atoms with Gasteiger partial charge in [-0.15, -0.1) is 11.3 Å². The molecule has 0 aliphatic rings. The molecule has 1 aromatic carbocycles. The summed E-state index contributed by atoms with van der Waals surface area (Å²) in [5.74, 6) is -0.106. The van der Waals surface area contributed by atoms with E-state index in [1.807, 2.05) is 0 Å². The van der Waals surface area contributed by atoms with Crippen LogP contribution in [0.1, 0.15) is 6.92 Å². The Morgan fingerprint density at radius 2 is 2.11 bits per heavy atom. The molecule has 2 N–H and O–H groups in total. The average Bonchev–Trinajstić information content (AvgIpc) is 2.69. The van der Waals surface area contributed by atoms with Crippen LogP contribution >= 0.6 is 11.3 Å². The number of hydrogen-bond donors (Lipinski definition) is 1. The third kappa shape index (κ3) is 2.35. The molecule has 0 unspecified atom stereocenters. The van der Waals surface area contributed by atoms with Gasteiger partial charge in [-0.05, 0) is 18.2 Å². The number of fused-ring (bicyclic) bond motifs is 1. The van der Waals surface area contributed by atoms with E-state index in [0.717, 1.165) is 11.3 Å². The second-order valence-electron chi connectivity index (χ2n) is 3.75. The van der Waals surface area contributed by atoms with Gasteiger partial charge in [-0.2, -0.15) is 0 Å². The summed E-state index contributed by atoms with van der Waals surface area (Å²) in [5.41, 5.74) is 1.23. The monoisotopic (exact) mass is 285 g/mol. The van der Waals surface area contributed by atoms with Crippen LogP contribution in [0.5, 0.6) is 0 Å². The molecule has 0 radical (unpaired) electrons. The molecule has 1 amide bonds. The Bertz CT molecular complexity index is 721. The molecule has 0 saturated heterocycles. The third-order valence-corrected chi connectivity index (χ3v) is 4.79. The van der Waals surface area contributed by atoms with E-state index in [1.165, 1.54) is 11.8 Å². The minimum absolute atomic E-state index is 0.106. The Hall–Kier alpha value is -1.51. The molecular weight excluding hydrogens is 274 g/mol. The molecular formula is C10H11N3O3S2. The van der Waals surface area contributed by atoms with Gasteiger partial charge in [-0.1, -0.05) is 0 Å². The van der Waals surface area contributed by atoms with Crippen molar-refractivity contribution in [1.82, 2.24) is 4.98 Å². The topological polar surface area (TPSA) is 93.4 Å². The summed E-state index contributed by atoms with van der Waals surface area (Å²) in [5, 5.41) is 5.02. The Kier molecular flexibility index (Phi) is 3.09. The van der Waals surface area contributed by atoms with Gasteiger partial charge >= 0.3 is 0 Å². The molecule has 8 heteroatoms. The molecule has 0 bridgehead atoms. The maximum absolute atomic E-state index is 11.2. The number of anilines is 1. The first-order chi connectivity index (χ1) is 8.29. The van der Waals surface area contributed by atoms with E-state index in [4.69, 9.17) is 5.14 Å². The number of rotatable bonds is 2. The number of sulfonamides is 1. The predicted octanol–water partition coefficient (Wildman–Crippen LogP) is 0.926. The molecule has 18 heavy (non-hydrogen) atoms. The molecule has 0 aliphatic carbocycles.